The van der Waals surface area contributed by atoms with Gasteiger partial charge in [0.1, 0.15) is 0 Å². The Kier molecular flexibility index (Phi) is 7.38. The second-order valence-electron chi connectivity index (χ2n) is 7.70. The summed E-state index contributed by atoms with van der Waals surface area (Å²) >= 11 is 0. The summed E-state index contributed by atoms with van der Waals surface area (Å²) < 4.78 is 2.00. The fraction of sp³-hybridized carbons (Fsp3) is 0.476. The Hall–Kier alpha value is -1.83. The van der Waals surface area contributed by atoms with Crippen molar-refractivity contribution in [2.24, 2.45) is 0 Å². The number of nitrogens with one attached hydrogen (secondary N) is 1. The molecule has 1 aromatic carbocycles. The van der Waals surface area contributed by atoms with E-state index in [0.717, 1.165) is 42.6 Å². The van der Waals surface area contributed by atoms with E-state index >= 15 is 0 Å². The number of fused-ring (bicyclic) bond motifs is 1. The van der Waals surface area contributed by atoms with Gasteiger partial charge in [-0.2, -0.15) is 0 Å². The Morgan fingerprint density at radius 3 is 2.55 bits per heavy atom. The fourth-order valence-corrected chi connectivity index (χ4v) is 4.21. The van der Waals surface area contributed by atoms with Crippen molar-refractivity contribution in [1.29, 1.82) is 0 Å². The fourth-order valence-electron chi connectivity index (χ4n) is 4.21. The molecule has 2 amide bonds. The molecule has 1 aromatic heterocycles. The molecule has 4 rings (SSSR count). The summed E-state index contributed by atoms with van der Waals surface area (Å²) in [6.45, 7) is 0.858. The van der Waals surface area contributed by atoms with Crippen LogP contribution in [0.1, 0.15) is 49.1 Å². The van der Waals surface area contributed by atoms with Crippen LogP contribution in [0.4, 0.5) is 4.79 Å². The van der Waals surface area contributed by atoms with Crippen LogP contribution >= 0.6 is 0 Å². The molecule has 2 heterocycles. The van der Waals surface area contributed by atoms with Crippen molar-refractivity contribution >= 4 is 12.0 Å². The van der Waals surface area contributed by atoms with Gasteiger partial charge in [0, 0.05) is 19.0 Å². The topological polar surface area (TPSA) is 90.3 Å². The van der Waals surface area contributed by atoms with E-state index in [1.807, 2.05) is 34.9 Å². The number of rotatable bonds is 4. The number of hydrogen-bond donors (Lipinski definition) is 1. The molecule has 0 saturated heterocycles. The summed E-state index contributed by atoms with van der Waals surface area (Å²) in [5.74, 6) is -1.23. The predicted octanol–water partition coefficient (Wildman–Crippen LogP) is -1.55. The minimum atomic E-state index is -1.23. The first-order valence-electron chi connectivity index (χ1n) is 9.96. The molecule has 1 N–H and O–H groups in total. The van der Waals surface area contributed by atoms with Gasteiger partial charge in [0.15, 0.2) is 0 Å². The van der Waals surface area contributed by atoms with E-state index in [1.54, 1.807) is 6.33 Å². The van der Waals surface area contributed by atoms with E-state index in [0.29, 0.717) is 6.54 Å². The zero-order valence-corrected chi connectivity index (χ0v) is 18.8. The molecule has 1 aliphatic carbocycles. The van der Waals surface area contributed by atoms with E-state index in [4.69, 9.17) is 0 Å². The standard InChI is InChI=1S/C21H26N4O3.Na/c26-20(27)18-11-17-19(24(14-22-17)12-15-7-3-1-4-8-15)13-25(18)21(28)23-16-9-5-2-6-10-16;/h1,3-4,7-8,14,16,18H,2,5-6,9-13H2,(H,23,28)(H,26,27);/q;+1/p-1. The molecule has 1 saturated carbocycles. The Morgan fingerprint density at radius 2 is 1.86 bits per heavy atom. The van der Waals surface area contributed by atoms with E-state index in [9.17, 15) is 14.7 Å². The second kappa shape index (κ2) is 9.78. The Bertz CT molecular complexity index is 849. The third kappa shape index (κ3) is 5.02. The molecule has 0 bridgehead atoms. The maximum atomic E-state index is 12.9. The number of carboxylic acids is 1. The number of urea groups is 1. The largest absolute Gasteiger partial charge is 1.00 e. The minimum Gasteiger partial charge on any atom is -0.548 e. The first kappa shape index (κ1) is 21.9. The van der Waals surface area contributed by atoms with Crippen LogP contribution in [0.15, 0.2) is 36.7 Å². The zero-order chi connectivity index (χ0) is 19.5. The minimum absolute atomic E-state index is 0. The summed E-state index contributed by atoms with van der Waals surface area (Å²) in [6, 6.07) is 8.81. The van der Waals surface area contributed by atoms with Crippen molar-refractivity contribution in [1.82, 2.24) is 19.8 Å². The van der Waals surface area contributed by atoms with Crippen molar-refractivity contribution in [3.8, 4) is 0 Å². The van der Waals surface area contributed by atoms with Crippen molar-refractivity contribution in [3.63, 3.8) is 0 Å². The number of aliphatic carboxylic acids is 1. The van der Waals surface area contributed by atoms with Gasteiger partial charge in [0.2, 0.25) is 0 Å². The van der Waals surface area contributed by atoms with E-state index in [-0.39, 0.29) is 54.6 Å². The van der Waals surface area contributed by atoms with Crippen molar-refractivity contribution in [2.75, 3.05) is 0 Å². The third-order valence-electron chi connectivity index (χ3n) is 5.78. The SMILES string of the molecule is O=C([O-])C1Cc2ncn(Cc3ccccc3)c2CN1C(=O)NC1CCCCC1.[Na+]. The van der Waals surface area contributed by atoms with Gasteiger partial charge in [0.25, 0.3) is 0 Å². The first-order chi connectivity index (χ1) is 13.6. The van der Waals surface area contributed by atoms with Crippen LogP contribution < -0.4 is 40.0 Å². The van der Waals surface area contributed by atoms with Crippen LogP contribution in [-0.2, 0) is 24.3 Å². The molecule has 2 aromatic rings. The molecule has 1 atom stereocenters. The van der Waals surface area contributed by atoms with Crippen LogP contribution in [-0.4, -0.2) is 38.5 Å². The Balaban J connectivity index is 0.00000240. The molecule has 1 aliphatic heterocycles. The van der Waals surface area contributed by atoms with Gasteiger partial charge >= 0.3 is 35.6 Å². The molecule has 0 radical (unpaired) electrons. The summed E-state index contributed by atoms with van der Waals surface area (Å²) in [4.78, 5) is 30.4. The first-order valence-corrected chi connectivity index (χ1v) is 9.96. The number of nitrogens with zero attached hydrogens (tertiary/aromatic N) is 3. The summed E-state index contributed by atoms with van der Waals surface area (Å²) in [5, 5.41) is 14.7. The molecule has 0 spiro atoms. The van der Waals surface area contributed by atoms with E-state index in [1.165, 1.54) is 11.3 Å². The third-order valence-corrected chi connectivity index (χ3v) is 5.78. The summed E-state index contributed by atoms with van der Waals surface area (Å²) in [5.41, 5.74) is 2.75. The Morgan fingerprint density at radius 1 is 1.14 bits per heavy atom. The number of benzene rings is 1. The quantitative estimate of drug-likeness (QED) is 0.625. The number of carboxylic acid groups (broad SMARTS) is 1. The second-order valence-corrected chi connectivity index (χ2v) is 7.70. The number of amides is 2. The monoisotopic (exact) mass is 404 g/mol. The Labute approximate surface area is 192 Å². The molecule has 148 valence electrons. The van der Waals surface area contributed by atoms with Gasteiger partial charge < -0.3 is 24.7 Å². The molecular formula is C21H25N4NaO3. The van der Waals surface area contributed by atoms with Crippen LogP contribution in [0.2, 0.25) is 0 Å². The molecule has 7 nitrogen and oxygen atoms in total. The number of imidazole rings is 1. The van der Waals surface area contributed by atoms with Crippen LogP contribution in [0.5, 0.6) is 0 Å². The summed E-state index contributed by atoms with van der Waals surface area (Å²) in [6.07, 6.45) is 7.20. The smallest absolute Gasteiger partial charge is 0.548 e. The van der Waals surface area contributed by atoms with Gasteiger partial charge in [0.05, 0.1) is 36.3 Å². The van der Waals surface area contributed by atoms with E-state index in [2.05, 4.69) is 10.3 Å². The average Bonchev–Trinajstić information content (AvgIpc) is 3.10. The summed E-state index contributed by atoms with van der Waals surface area (Å²) in [7, 11) is 0. The normalized spacial score (nSPS) is 19.2. The molecule has 2 aliphatic rings. The molecular weight excluding hydrogens is 379 g/mol. The predicted molar refractivity (Wildman–Crippen MR) is 101 cm³/mol. The van der Waals surface area contributed by atoms with Gasteiger partial charge in [-0.3, -0.25) is 0 Å². The molecule has 8 heteroatoms. The maximum Gasteiger partial charge on any atom is 1.00 e. The number of carbonyl (C=O) groups excluding carboxylic acids is 2. The van der Waals surface area contributed by atoms with Crippen molar-refractivity contribution < 1.29 is 44.3 Å². The van der Waals surface area contributed by atoms with Crippen LogP contribution in [0.3, 0.4) is 0 Å². The average molecular weight is 404 g/mol. The maximum absolute atomic E-state index is 12.9. The molecule has 1 fully saturated rings. The molecule has 1 unspecified atom stereocenters. The van der Waals surface area contributed by atoms with Crippen molar-refractivity contribution in [2.45, 2.75) is 63.7 Å². The van der Waals surface area contributed by atoms with E-state index < -0.39 is 12.0 Å². The van der Waals surface area contributed by atoms with Gasteiger partial charge in [-0.05, 0) is 18.4 Å². The number of hydrogen-bond acceptors (Lipinski definition) is 4. The molecule has 29 heavy (non-hydrogen) atoms. The zero-order valence-electron chi connectivity index (χ0n) is 16.8. The number of aromatic nitrogens is 2. The van der Waals surface area contributed by atoms with Crippen LogP contribution in [0.25, 0.3) is 0 Å². The number of carbonyl (C=O) groups is 2. The van der Waals surface area contributed by atoms with Gasteiger partial charge in [-0.25, -0.2) is 9.78 Å². The van der Waals surface area contributed by atoms with Gasteiger partial charge in [-0.15, -0.1) is 0 Å². The van der Waals surface area contributed by atoms with Crippen LogP contribution in [0, 0.1) is 0 Å². The van der Waals surface area contributed by atoms with Crippen molar-refractivity contribution in [3.05, 3.63) is 53.6 Å². The van der Waals surface area contributed by atoms with Gasteiger partial charge in [-0.1, -0.05) is 49.6 Å².